The van der Waals surface area contributed by atoms with Crippen LogP contribution in [0.2, 0.25) is 0 Å². The number of Topliss-reactive ketones (excluding diaryl/α,β-unsaturated/α-hetero) is 1. The van der Waals surface area contributed by atoms with Gasteiger partial charge in [0.15, 0.2) is 10.1 Å². The predicted octanol–water partition coefficient (Wildman–Crippen LogP) is 4.79. The second-order valence-electron chi connectivity index (χ2n) is 6.83. The highest BCUT2D eigenvalue weighted by atomic mass is 32.2. The van der Waals surface area contributed by atoms with Crippen LogP contribution in [0.25, 0.3) is 0 Å². The molecule has 1 aromatic heterocycles. The van der Waals surface area contributed by atoms with Gasteiger partial charge in [0.1, 0.15) is 5.25 Å². The molecule has 0 saturated heterocycles. The molecular formula is C21H20N4O2S2. The van der Waals surface area contributed by atoms with Crippen LogP contribution in [-0.4, -0.2) is 27.9 Å². The third-order valence-electron chi connectivity index (χ3n) is 4.41. The van der Waals surface area contributed by atoms with Crippen molar-refractivity contribution in [2.45, 2.75) is 35.4 Å². The molecule has 0 radical (unpaired) electrons. The van der Waals surface area contributed by atoms with Crippen LogP contribution >= 0.6 is 23.1 Å². The monoisotopic (exact) mass is 424 g/mol. The lowest BCUT2D eigenvalue weighted by Gasteiger charge is -2.16. The number of carbonyl (C=O) groups excluding carboxylic acids is 2. The molecule has 2 aromatic carbocycles. The molecule has 0 aliphatic heterocycles. The second kappa shape index (κ2) is 8.75. The second-order valence-corrected chi connectivity index (χ2v) is 9.16. The zero-order valence-electron chi connectivity index (χ0n) is 15.8. The third kappa shape index (κ3) is 5.21. The highest BCUT2D eigenvalue weighted by Crippen LogP contribution is 2.39. The number of amides is 1. The van der Waals surface area contributed by atoms with Gasteiger partial charge in [-0.05, 0) is 37.5 Å². The summed E-state index contributed by atoms with van der Waals surface area (Å²) in [7, 11) is 0. The molecule has 0 spiro atoms. The van der Waals surface area contributed by atoms with E-state index in [0.717, 1.165) is 27.9 Å². The van der Waals surface area contributed by atoms with Crippen LogP contribution < -0.4 is 10.6 Å². The van der Waals surface area contributed by atoms with Gasteiger partial charge in [0.25, 0.3) is 0 Å². The fraction of sp³-hybridized carbons (Fsp3) is 0.238. The number of carbonyl (C=O) groups is 2. The summed E-state index contributed by atoms with van der Waals surface area (Å²) in [5.74, 6) is -0.214. The molecule has 148 valence electrons. The average molecular weight is 425 g/mol. The maximum Gasteiger partial charge on any atom is 0.242 e. The summed E-state index contributed by atoms with van der Waals surface area (Å²) >= 11 is 2.83. The van der Waals surface area contributed by atoms with Gasteiger partial charge in [-0.25, -0.2) is 0 Å². The number of rotatable bonds is 8. The number of ketones is 1. The van der Waals surface area contributed by atoms with Crippen LogP contribution in [0.5, 0.6) is 0 Å². The number of benzene rings is 2. The van der Waals surface area contributed by atoms with Gasteiger partial charge in [0.2, 0.25) is 11.0 Å². The summed E-state index contributed by atoms with van der Waals surface area (Å²) in [5.41, 5.74) is 2.04. The zero-order valence-corrected chi connectivity index (χ0v) is 17.4. The Bertz CT molecular complexity index is 1020. The van der Waals surface area contributed by atoms with Crippen molar-refractivity contribution in [3.8, 4) is 0 Å². The first kappa shape index (κ1) is 19.6. The highest BCUT2D eigenvalue weighted by molar-refractivity contribution is 8.02. The summed E-state index contributed by atoms with van der Waals surface area (Å²) in [6, 6.07) is 17.1. The SMILES string of the molecule is CC(=O)c1cccc(NC(=O)C(Sc2nnc(NC3CC3)s2)c2ccccc2)c1. The molecule has 2 N–H and O–H groups in total. The highest BCUT2D eigenvalue weighted by Gasteiger charge is 2.26. The molecule has 1 atom stereocenters. The van der Waals surface area contributed by atoms with Crippen molar-refractivity contribution in [1.29, 1.82) is 0 Å². The van der Waals surface area contributed by atoms with Crippen LogP contribution in [0.4, 0.5) is 10.8 Å². The van der Waals surface area contributed by atoms with E-state index in [1.807, 2.05) is 30.3 Å². The van der Waals surface area contributed by atoms with Crippen molar-refractivity contribution in [2.24, 2.45) is 0 Å². The lowest BCUT2D eigenvalue weighted by molar-refractivity contribution is -0.115. The van der Waals surface area contributed by atoms with Gasteiger partial charge in [-0.3, -0.25) is 9.59 Å². The van der Waals surface area contributed by atoms with Crippen LogP contribution in [0.15, 0.2) is 58.9 Å². The quantitative estimate of drug-likeness (QED) is 0.400. The summed E-state index contributed by atoms with van der Waals surface area (Å²) < 4.78 is 0.731. The Kier molecular flexibility index (Phi) is 5.92. The van der Waals surface area contributed by atoms with Crippen molar-refractivity contribution in [3.63, 3.8) is 0 Å². The van der Waals surface area contributed by atoms with E-state index in [1.54, 1.807) is 24.3 Å². The first-order valence-corrected chi connectivity index (χ1v) is 11.0. The number of thioether (sulfide) groups is 1. The molecule has 1 amide bonds. The maximum absolute atomic E-state index is 13.1. The van der Waals surface area contributed by atoms with Gasteiger partial charge in [0, 0.05) is 17.3 Å². The van der Waals surface area contributed by atoms with Crippen LogP contribution in [0, 0.1) is 0 Å². The molecule has 1 fully saturated rings. The van der Waals surface area contributed by atoms with E-state index in [2.05, 4.69) is 20.8 Å². The van der Waals surface area contributed by atoms with Crippen molar-refractivity contribution >= 4 is 45.6 Å². The summed E-state index contributed by atoms with van der Waals surface area (Å²) in [5, 5.41) is 15.0. The molecule has 4 rings (SSSR count). The lowest BCUT2D eigenvalue weighted by atomic mass is 10.1. The molecule has 0 bridgehead atoms. The van der Waals surface area contributed by atoms with Crippen molar-refractivity contribution in [3.05, 3.63) is 65.7 Å². The van der Waals surface area contributed by atoms with Gasteiger partial charge in [0.05, 0.1) is 0 Å². The van der Waals surface area contributed by atoms with E-state index in [0.29, 0.717) is 17.3 Å². The van der Waals surface area contributed by atoms with E-state index < -0.39 is 5.25 Å². The fourth-order valence-corrected chi connectivity index (χ4v) is 4.76. The van der Waals surface area contributed by atoms with Crippen LogP contribution in [-0.2, 0) is 4.79 Å². The molecule has 1 aliphatic carbocycles. The van der Waals surface area contributed by atoms with Gasteiger partial charge >= 0.3 is 0 Å². The van der Waals surface area contributed by atoms with Gasteiger partial charge < -0.3 is 10.6 Å². The lowest BCUT2D eigenvalue weighted by Crippen LogP contribution is -2.19. The van der Waals surface area contributed by atoms with Crippen LogP contribution in [0.1, 0.15) is 40.9 Å². The number of nitrogens with zero attached hydrogens (tertiary/aromatic N) is 2. The topological polar surface area (TPSA) is 84.0 Å². The van der Waals surface area contributed by atoms with E-state index in [9.17, 15) is 9.59 Å². The number of anilines is 2. The minimum absolute atomic E-state index is 0.0420. The molecule has 29 heavy (non-hydrogen) atoms. The van der Waals surface area contributed by atoms with Crippen molar-refractivity contribution in [1.82, 2.24) is 10.2 Å². The maximum atomic E-state index is 13.1. The molecule has 1 unspecified atom stereocenters. The number of hydrogen-bond donors (Lipinski definition) is 2. The summed E-state index contributed by atoms with van der Waals surface area (Å²) in [6.45, 7) is 1.51. The molecule has 1 saturated carbocycles. The number of aromatic nitrogens is 2. The average Bonchev–Trinajstić information content (AvgIpc) is 3.43. The third-order valence-corrected chi connectivity index (χ3v) is 6.60. The van der Waals surface area contributed by atoms with Gasteiger partial charge in [-0.1, -0.05) is 65.6 Å². The molecule has 8 heteroatoms. The van der Waals surface area contributed by atoms with Crippen LogP contribution in [0.3, 0.4) is 0 Å². The van der Waals surface area contributed by atoms with E-state index >= 15 is 0 Å². The van der Waals surface area contributed by atoms with E-state index in [1.165, 1.54) is 30.0 Å². The number of nitrogens with one attached hydrogen (secondary N) is 2. The zero-order chi connectivity index (χ0) is 20.2. The Balaban J connectivity index is 1.53. The first-order valence-electron chi connectivity index (χ1n) is 9.32. The Hall–Kier alpha value is -2.71. The fourth-order valence-electron chi connectivity index (χ4n) is 2.74. The Morgan fingerprint density at radius 1 is 1.10 bits per heavy atom. The normalized spacial score (nSPS) is 14.2. The van der Waals surface area contributed by atoms with Gasteiger partial charge in [-0.2, -0.15) is 0 Å². The van der Waals surface area contributed by atoms with Gasteiger partial charge in [-0.15, -0.1) is 10.2 Å². The molecule has 3 aromatic rings. The molecule has 6 nitrogen and oxygen atoms in total. The summed E-state index contributed by atoms with van der Waals surface area (Å²) in [4.78, 5) is 24.7. The van der Waals surface area contributed by atoms with E-state index in [-0.39, 0.29) is 11.7 Å². The van der Waals surface area contributed by atoms with E-state index in [4.69, 9.17) is 0 Å². The Morgan fingerprint density at radius 2 is 1.90 bits per heavy atom. The predicted molar refractivity (Wildman–Crippen MR) is 117 cm³/mol. The summed E-state index contributed by atoms with van der Waals surface area (Å²) in [6.07, 6.45) is 2.33. The van der Waals surface area contributed by atoms with Crippen molar-refractivity contribution < 1.29 is 9.59 Å². The first-order chi connectivity index (χ1) is 14.1. The number of hydrogen-bond acceptors (Lipinski definition) is 7. The minimum Gasteiger partial charge on any atom is -0.357 e. The van der Waals surface area contributed by atoms with Crippen molar-refractivity contribution in [2.75, 3.05) is 10.6 Å². The largest absolute Gasteiger partial charge is 0.357 e. The smallest absolute Gasteiger partial charge is 0.242 e. The standard InChI is InChI=1S/C21H20N4O2S2/c1-13(26)15-8-5-9-17(12-15)22-19(27)18(14-6-3-2-4-7-14)28-21-25-24-20(29-21)23-16-10-11-16/h2-9,12,16,18H,10-11H2,1H3,(H,22,27)(H,23,24). The minimum atomic E-state index is -0.487. The Morgan fingerprint density at radius 3 is 2.62 bits per heavy atom. The molecule has 1 aliphatic rings. The molecular weight excluding hydrogens is 404 g/mol. The Labute approximate surface area is 177 Å². The molecule has 1 heterocycles.